The molecule has 0 N–H and O–H groups in total. The molecule has 0 saturated carbocycles. The van der Waals surface area contributed by atoms with Crippen LogP contribution < -0.4 is 4.74 Å². The Balaban J connectivity index is 1.65. The van der Waals surface area contributed by atoms with Gasteiger partial charge in [-0.15, -0.1) is 11.3 Å². The third-order valence-electron chi connectivity index (χ3n) is 5.19. The molecule has 4 rings (SSSR count). The van der Waals surface area contributed by atoms with Crippen molar-refractivity contribution >= 4 is 27.3 Å². The highest BCUT2D eigenvalue weighted by molar-refractivity contribution is 7.21. The normalized spacial score (nSPS) is 15.1. The molecule has 4 nitrogen and oxygen atoms in total. The lowest BCUT2D eigenvalue weighted by atomic mass is 10.1. The Morgan fingerprint density at radius 1 is 1.07 bits per heavy atom. The molecule has 0 radical (unpaired) electrons. The Bertz CT molecular complexity index is 965. The zero-order valence-corrected chi connectivity index (χ0v) is 16.7. The fraction of sp³-hybridized carbons (Fsp3) is 0.318. The van der Waals surface area contributed by atoms with Crippen LogP contribution in [-0.4, -0.2) is 48.4 Å². The second kappa shape index (κ2) is 8.29. The number of benzene rings is 2. The molecule has 1 aliphatic rings. The van der Waals surface area contributed by atoms with Gasteiger partial charge >= 0.3 is 0 Å². The van der Waals surface area contributed by atoms with Gasteiger partial charge in [0.2, 0.25) is 0 Å². The first-order valence-electron chi connectivity index (χ1n) is 9.56. The van der Waals surface area contributed by atoms with E-state index in [1.54, 1.807) is 6.07 Å². The number of hydrogen-bond acceptors (Lipinski definition) is 4. The number of carbonyl (C=O) groups excluding carboxylic acids is 1. The molecule has 3 aromatic rings. The monoisotopic (exact) mass is 398 g/mol. The fourth-order valence-corrected chi connectivity index (χ4v) is 4.75. The predicted octanol–water partition coefficient (Wildman–Crippen LogP) is 4.40. The van der Waals surface area contributed by atoms with Crippen LogP contribution in [0.3, 0.4) is 0 Å². The number of amides is 1. The van der Waals surface area contributed by atoms with Gasteiger partial charge in [-0.3, -0.25) is 4.79 Å². The summed E-state index contributed by atoms with van der Waals surface area (Å²) in [5, 5.41) is 0.499. The maximum Gasteiger partial charge on any atom is 0.264 e. The van der Waals surface area contributed by atoms with Crippen LogP contribution in [-0.2, 0) is 6.61 Å². The molecule has 1 aliphatic heterocycles. The first kappa shape index (κ1) is 18.9. The summed E-state index contributed by atoms with van der Waals surface area (Å²) in [4.78, 5) is 18.0. The molecule has 0 bridgehead atoms. The van der Waals surface area contributed by atoms with E-state index in [0.29, 0.717) is 34.7 Å². The van der Waals surface area contributed by atoms with E-state index in [1.165, 1.54) is 17.4 Å². The lowest BCUT2D eigenvalue weighted by Crippen LogP contribution is -2.48. The van der Waals surface area contributed by atoms with Crippen molar-refractivity contribution in [2.24, 2.45) is 0 Å². The van der Waals surface area contributed by atoms with Crippen molar-refractivity contribution in [2.45, 2.75) is 13.5 Å². The summed E-state index contributed by atoms with van der Waals surface area (Å²) in [6.07, 6.45) is 0. The van der Waals surface area contributed by atoms with Crippen molar-refractivity contribution in [1.82, 2.24) is 9.80 Å². The number of halogens is 1. The van der Waals surface area contributed by atoms with Gasteiger partial charge in [0, 0.05) is 41.8 Å². The van der Waals surface area contributed by atoms with E-state index in [1.807, 2.05) is 41.3 Å². The van der Waals surface area contributed by atoms with Crippen LogP contribution >= 0.6 is 11.3 Å². The SMILES string of the molecule is CCN1CCN(C(=O)c2sc3cccc(F)c3c2COc2ccccc2)CC1. The zero-order chi connectivity index (χ0) is 19.5. The average Bonchev–Trinajstić information content (AvgIpc) is 3.12. The number of hydrogen-bond donors (Lipinski definition) is 0. The first-order chi connectivity index (χ1) is 13.7. The smallest absolute Gasteiger partial charge is 0.264 e. The minimum Gasteiger partial charge on any atom is -0.489 e. The van der Waals surface area contributed by atoms with E-state index in [0.717, 1.165) is 24.3 Å². The highest BCUT2D eigenvalue weighted by Crippen LogP contribution is 2.35. The maximum atomic E-state index is 14.6. The highest BCUT2D eigenvalue weighted by atomic mass is 32.1. The standard InChI is InChI=1S/C22H23FN2O2S/c1-2-24-11-13-25(14-12-24)22(26)21-17(15-27-16-7-4-3-5-8-16)20-18(23)9-6-10-19(20)28-21/h3-10H,2,11-15H2,1H3. The molecule has 2 aromatic carbocycles. The number of fused-ring (bicyclic) bond motifs is 1. The quantitative estimate of drug-likeness (QED) is 0.639. The van der Waals surface area contributed by atoms with E-state index >= 15 is 0 Å². The summed E-state index contributed by atoms with van der Waals surface area (Å²) in [5.41, 5.74) is 0.643. The van der Waals surface area contributed by atoms with Gasteiger partial charge in [-0.1, -0.05) is 31.2 Å². The van der Waals surface area contributed by atoms with Crippen LogP contribution in [0, 0.1) is 5.82 Å². The number of ether oxygens (including phenoxy) is 1. The van der Waals surface area contributed by atoms with Gasteiger partial charge in [0.25, 0.3) is 5.91 Å². The Kier molecular flexibility index (Phi) is 5.59. The Morgan fingerprint density at radius 3 is 2.54 bits per heavy atom. The van der Waals surface area contributed by atoms with Crippen LogP contribution in [0.2, 0.25) is 0 Å². The predicted molar refractivity (Wildman–Crippen MR) is 111 cm³/mol. The number of likely N-dealkylation sites (N-methyl/N-ethyl adjacent to an activating group) is 1. The van der Waals surface area contributed by atoms with Crippen molar-refractivity contribution in [1.29, 1.82) is 0 Å². The van der Waals surface area contributed by atoms with E-state index in [9.17, 15) is 9.18 Å². The Hall–Kier alpha value is -2.44. The summed E-state index contributed by atoms with van der Waals surface area (Å²) in [5.74, 6) is 0.367. The average molecular weight is 399 g/mol. The minimum absolute atomic E-state index is 0.0250. The van der Waals surface area contributed by atoms with E-state index in [-0.39, 0.29) is 18.3 Å². The zero-order valence-electron chi connectivity index (χ0n) is 15.9. The number of carbonyl (C=O) groups is 1. The van der Waals surface area contributed by atoms with Gasteiger partial charge in [-0.2, -0.15) is 0 Å². The minimum atomic E-state index is -0.310. The molecule has 2 heterocycles. The molecule has 1 saturated heterocycles. The molecule has 0 aliphatic carbocycles. The number of rotatable bonds is 5. The van der Waals surface area contributed by atoms with Crippen molar-refractivity contribution in [3.8, 4) is 5.75 Å². The molecular weight excluding hydrogens is 375 g/mol. The van der Waals surface area contributed by atoms with Gasteiger partial charge in [0.15, 0.2) is 0 Å². The van der Waals surface area contributed by atoms with Crippen LogP contribution in [0.4, 0.5) is 4.39 Å². The Morgan fingerprint density at radius 2 is 1.82 bits per heavy atom. The Labute approximate surface area is 168 Å². The molecule has 28 heavy (non-hydrogen) atoms. The van der Waals surface area contributed by atoms with Gasteiger partial charge in [0.05, 0.1) is 4.88 Å². The summed E-state index contributed by atoms with van der Waals surface area (Å²) >= 11 is 1.36. The number of nitrogens with zero attached hydrogens (tertiary/aromatic N) is 2. The summed E-state index contributed by atoms with van der Waals surface area (Å²) in [7, 11) is 0. The number of piperazine rings is 1. The largest absolute Gasteiger partial charge is 0.489 e. The highest BCUT2D eigenvalue weighted by Gasteiger charge is 2.27. The molecule has 0 atom stereocenters. The van der Waals surface area contributed by atoms with Crippen molar-refractivity contribution in [2.75, 3.05) is 32.7 Å². The second-order valence-electron chi connectivity index (χ2n) is 6.85. The second-order valence-corrected chi connectivity index (χ2v) is 7.90. The fourth-order valence-electron chi connectivity index (χ4n) is 3.56. The van der Waals surface area contributed by atoms with Gasteiger partial charge in [-0.25, -0.2) is 4.39 Å². The third kappa shape index (κ3) is 3.75. The molecule has 1 amide bonds. The van der Waals surface area contributed by atoms with E-state index in [2.05, 4.69) is 11.8 Å². The van der Waals surface area contributed by atoms with Crippen LogP contribution in [0.25, 0.3) is 10.1 Å². The molecule has 0 spiro atoms. The molecule has 0 unspecified atom stereocenters. The molecule has 6 heteroatoms. The van der Waals surface area contributed by atoms with Gasteiger partial charge in [0.1, 0.15) is 18.2 Å². The van der Waals surface area contributed by atoms with Crippen molar-refractivity contribution in [3.05, 3.63) is 64.8 Å². The third-order valence-corrected chi connectivity index (χ3v) is 6.38. The topological polar surface area (TPSA) is 32.8 Å². The summed E-state index contributed by atoms with van der Waals surface area (Å²) in [6.45, 7) is 6.43. The first-order valence-corrected chi connectivity index (χ1v) is 10.4. The van der Waals surface area contributed by atoms with Crippen LogP contribution in [0.1, 0.15) is 22.2 Å². The van der Waals surface area contributed by atoms with Crippen molar-refractivity contribution < 1.29 is 13.9 Å². The maximum absolute atomic E-state index is 14.6. The molecule has 146 valence electrons. The number of thiophene rings is 1. The van der Waals surface area contributed by atoms with Gasteiger partial charge in [-0.05, 0) is 30.8 Å². The number of para-hydroxylation sites is 1. The molecular formula is C22H23FN2O2S. The molecule has 1 aromatic heterocycles. The molecule has 1 fully saturated rings. The van der Waals surface area contributed by atoms with Gasteiger partial charge < -0.3 is 14.5 Å². The van der Waals surface area contributed by atoms with Crippen LogP contribution in [0.5, 0.6) is 5.75 Å². The lowest BCUT2D eigenvalue weighted by molar-refractivity contribution is 0.0646. The van der Waals surface area contributed by atoms with E-state index < -0.39 is 0 Å². The van der Waals surface area contributed by atoms with E-state index in [4.69, 9.17) is 4.74 Å². The summed E-state index contributed by atoms with van der Waals surface area (Å²) < 4.78 is 21.3. The lowest BCUT2D eigenvalue weighted by Gasteiger charge is -2.34. The van der Waals surface area contributed by atoms with Crippen LogP contribution in [0.15, 0.2) is 48.5 Å². The summed E-state index contributed by atoms with van der Waals surface area (Å²) in [6, 6.07) is 14.4. The van der Waals surface area contributed by atoms with Crippen molar-refractivity contribution in [3.63, 3.8) is 0 Å².